The Labute approximate surface area is 118 Å². The fourth-order valence-electron chi connectivity index (χ4n) is 2.14. The van der Waals surface area contributed by atoms with Gasteiger partial charge in [-0.3, -0.25) is 5.10 Å². The van der Waals surface area contributed by atoms with E-state index in [1.54, 1.807) is 0 Å². The van der Waals surface area contributed by atoms with Gasteiger partial charge in [0.25, 0.3) is 0 Å². The van der Waals surface area contributed by atoms with Gasteiger partial charge in [0.1, 0.15) is 5.82 Å². The normalized spacial score (nSPS) is 15.8. The molecule has 0 bridgehead atoms. The third kappa shape index (κ3) is 3.04. The van der Waals surface area contributed by atoms with Crippen molar-refractivity contribution in [2.75, 3.05) is 13.1 Å². The zero-order valence-electron chi connectivity index (χ0n) is 9.85. The Morgan fingerprint density at radius 1 is 1.17 bits per heavy atom. The Morgan fingerprint density at radius 2 is 1.94 bits per heavy atom. The minimum atomic E-state index is 0. The molecule has 7 heteroatoms. The lowest BCUT2D eigenvalue weighted by Gasteiger charge is -2.19. The average molecular weight is 290 g/mol. The largest absolute Gasteiger partial charge is 0.359 e. The Kier molecular flexibility index (Phi) is 5.65. The third-order valence-corrected chi connectivity index (χ3v) is 3.07. The number of nitrogens with zero attached hydrogens (tertiary/aromatic N) is 2. The van der Waals surface area contributed by atoms with E-state index in [4.69, 9.17) is 0 Å². The molecular formula is C11H17Cl2N5. The van der Waals surface area contributed by atoms with E-state index in [1.165, 1.54) is 0 Å². The number of nitrogens with one attached hydrogen (secondary N) is 3. The van der Waals surface area contributed by atoms with Crippen LogP contribution in [0.2, 0.25) is 0 Å². The first kappa shape index (κ1) is 15.0. The molecule has 1 saturated heterocycles. The molecule has 1 aliphatic heterocycles. The highest BCUT2D eigenvalue weighted by atomic mass is 35.5. The molecule has 2 aromatic heterocycles. The number of hydrogen-bond acceptors (Lipinski definition) is 3. The van der Waals surface area contributed by atoms with Crippen LogP contribution in [0, 0.1) is 0 Å². The second-order valence-electron chi connectivity index (χ2n) is 4.15. The molecule has 3 heterocycles. The summed E-state index contributed by atoms with van der Waals surface area (Å²) < 4.78 is 0. The lowest BCUT2D eigenvalue weighted by Crippen LogP contribution is -2.27. The van der Waals surface area contributed by atoms with Crippen molar-refractivity contribution in [1.29, 1.82) is 0 Å². The molecule has 0 amide bonds. The van der Waals surface area contributed by atoms with Gasteiger partial charge in [-0.1, -0.05) is 0 Å². The average Bonchev–Trinajstić information content (AvgIpc) is 3.01. The van der Waals surface area contributed by atoms with Crippen LogP contribution in [0.3, 0.4) is 0 Å². The van der Waals surface area contributed by atoms with Crippen molar-refractivity contribution >= 4 is 24.8 Å². The van der Waals surface area contributed by atoms with Crippen LogP contribution in [0.5, 0.6) is 0 Å². The summed E-state index contributed by atoms with van der Waals surface area (Å²) >= 11 is 0. The zero-order valence-corrected chi connectivity index (χ0v) is 11.5. The fourth-order valence-corrected chi connectivity index (χ4v) is 2.14. The van der Waals surface area contributed by atoms with E-state index in [2.05, 4.69) is 25.5 Å². The quantitative estimate of drug-likeness (QED) is 0.793. The Morgan fingerprint density at radius 3 is 2.61 bits per heavy atom. The Balaban J connectivity index is 0.000000810. The maximum Gasteiger partial charge on any atom is 0.197 e. The number of piperidine rings is 1. The number of rotatable bonds is 2. The molecule has 0 unspecified atom stereocenters. The van der Waals surface area contributed by atoms with Gasteiger partial charge in [0.05, 0.1) is 5.69 Å². The minimum Gasteiger partial charge on any atom is -0.359 e. The van der Waals surface area contributed by atoms with E-state index in [-0.39, 0.29) is 24.8 Å². The van der Waals surface area contributed by atoms with Gasteiger partial charge in [0, 0.05) is 12.1 Å². The SMILES string of the molecule is Cl.Cl.c1c[nH]c(-c2n[nH]c(C3CCNCC3)n2)c1. The van der Waals surface area contributed by atoms with Crippen LogP contribution in [-0.4, -0.2) is 33.3 Å². The van der Waals surface area contributed by atoms with Gasteiger partial charge in [-0.2, -0.15) is 5.10 Å². The molecule has 18 heavy (non-hydrogen) atoms. The van der Waals surface area contributed by atoms with Crippen molar-refractivity contribution < 1.29 is 0 Å². The number of H-pyrrole nitrogens is 2. The number of halogens is 2. The summed E-state index contributed by atoms with van der Waals surface area (Å²) in [4.78, 5) is 7.66. The van der Waals surface area contributed by atoms with Gasteiger partial charge in [0.15, 0.2) is 5.82 Å². The highest BCUT2D eigenvalue weighted by molar-refractivity contribution is 5.85. The van der Waals surface area contributed by atoms with Gasteiger partial charge in [-0.05, 0) is 38.1 Å². The summed E-state index contributed by atoms with van der Waals surface area (Å²) in [5.74, 6) is 2.31. The predicted octanol–water partition coefficient (Wildman–Crippen LogP) is 2.11. The molecule has 0 aliphatic carbocycles. The fraction of sp³-hybridized carbons (Fsp3) is 0.455. The number of aromatic amines is 2. The van der Waals surface area contributed by atoms with Crippen LogP contribution in [0.15, 0.2) is 18.3 Å². The van der Waals surface area contributed by atoms with Crippen molar-refractivity contribution in [2.24, 2.45) is 0 Å². The van der Waals surface area contributed by atoms with Crippen LogP contribution in [0.1, 0.15) is 24.6 Å². The summed E-state index contributed by atoms with van der Waals surface area (Å²) in [6.07, 6.45) is 4.16. The van der Waals surface area contributed by atoms with Crippen LogP contribution >= 0.6 is 24.8 Å². The highest BCUT2D eigenvalue weighted by Gasteiger charge is 2.19. The van der Waals surface area contributed by atoms with E-state index in [9.17, 15) is 0 Å². The summed E-state index contributed by atoms with van der Waals surface area (Å²) in [7, 11) is 0. The molecule has 0 atom stereocenters. The van der Waals surface area contributed by atoms with Crippen LogP contribution in [0.25, 0.3) is 11.5 Å². The number of aromatic nitrogens is 4. The van der Waals surface area contributed by atoms with Gasteiger partial charge in [0.2, 0.25) is 0 Å². The molecule has 0 saturated carbocycles. The zero-order chi connectivity index (χ0) is 10.8. The molecule has 5 nitrogen and oxygen atoms in total. The molecule has 0 spiro atoms. The molecule has 0 radical (unpaired) electrons. The standard InChI is InChI=1S/C11H15N5.2ClH/c1-2-9(13-5-1)11-14-10(15-16-11)8-3-6-12-7-4-8;;/h1-2,5,8,12-13H,3-4,6-7H2,(H,14,15,16);2*1H. The molecule has 1 aliphatic rings. The molecule has 2 aromatic rings. The van der Waals surface area contributed by atoms with Crippen LogP contribution in [-0.2, 0) is 0 Å². The smallest absolute Gasteiger partial charge is 0.197 e. The molecular weight excluding hydrogens is 273 g/mol. The maximum absolute atomic E-state index is 4.55. The van der Waals surface area contributed by atoms with Gasteiger partial charge in [-0.25, -0.2) is 4.98 Å². The second-order valence-corrected chi connectivity index (χ2v) is 4.15. The first-order valence-electron chi connectivity index (χ1n) is 5.70. The minimum absolute atomic E-state index is 0. The van der Waals surface area contributed by atoms with E-state index in [0.29, 0.717) is 5.92 Å². The first-order valence-corrected chi connectivity index (χ1v) is 5.70. The van der Waals surface area contributed by atoms with Crippen molar-refractivity contribution in [3.05, 3.63) is 24.2 Å². The summed E-state index contributed by atoms with van der Waals surface area (Å²) in [6, 6.07) is 3.94. The van der Waals surface area contributed by atoms with Crippen molar-refractivity contribution in [2.45, 2.75) is 18.8 Å². The maximum atomic E-state index is 4.55. The van der Waals surface area contributed by atoms with Crippen molar-refractivity contribution in [3.63, 3.8) is 0 Å². The second kappa shape index (κ2) is 6.78. The van der Waals surface area contributed by atoms with Crippen LogP contribution < -0.4 is 5.32 Å². The monoisotopic (exact) mass is 289 g/mol. The number of hydrogen-bond donors (Lipinski definition) is 3. The first-order chi connectivity index (χ1) is 7.93. The molecule has 3 rings (SSSR count). The third-order valence-electron chi connectivity index (χ3n) is 3.07. The highest BCUT2D eigenvalue weighted by Crippen LogP contribution is 2.23. The Bertz CT molecular complexity index is 448. The molecule has 3 N–H and O–H groups in total. The van der Waals surface area contributed by atoms with Gasteiger partial charge in [-0.15, -0.1) is 24.8 Å². The van der Waals surface area contributed by atoms with Gasteiger partial charge >= 0.3 is 0 Å². The summed E-state index contributed by atoms with van der Waals surface area (Å²) in [6.45, 7) is 2.15. The Hall–Kier alpha value is -1.04. The van der Waals surface area contributed by atoms with Crippen LogP contribution in [0.4, 0.5) is 0 Å². The summed E-state index contributed by atoms with van der Waals surface area (Å²) in [5.41, 5.74) is 0.969. The molecule has 100 valence electrons. The summed E-state index contributed by atoms with van der Waals surface area (Å²) in [5, 5.41) is 10.7. The molecule has 0 aromatic carbocycles. The van der Waals surface area contributed by atoms with Gasteiger partial charge < -0.3 is 10.3 Å². The van der Waals surface area contributed by atoms with Crippen molar-refractivity contribution in [3.8, 4) is 11.5 Å². The van der Waals surface area contributed by atoms with E-state index < -0.39 is 0 Å². The molecule has 1 fully saturated rings. The van der Waals surface area contributed by atoms with E-state index in [1.807, 2.05) is 18.3 Å². The van der Waals surface area contributed by atoms with E-state index in [0.717, 1.165) is 43.3 Å². The lowest BCUT2D eigenvalue weighted by molar-refractivity contribution is 0.446. The predicted molar refractivity (Wildman–Crippen MR) is 75.5 cm³/mol. The van der Waals surface area contributed by atoms with E-state index >= 15 is 0 Å². The topological polar surface area (TPSA) is 69.4 Å². The lowest BCUT2D eigenvalue weighted by atomic mass is 9.98. The van der Waals surface area contributed by atoms with Crippen molar-refractivity contribution in [1.82, 2.24) is 25.5 Å².